The molecule has 2 aromatic rings. The van der Waals surface area contributed by atoms with E-state index < -0.39 is 0 Å². The molecule has 1 fully saturated rings. The van der Waals surface area contributed by atoms with Crippen molar-refractivity contribution in [3.05, 3.63) is 21.8 Å². The van der Waals surface area contributed by atoms with E-state index >= 15 is 0 Å². The first-order chi connectivity index (χ1) is 12.0. The highest BCUT2D eigenvalue weighted by atomic mass is 32.1. The van der Waals surface area contributed by atoms with Crippen LogP contribution in [-0.4, -0.2) is 61.3 Å². The van der Waals surface area contributed by atoms with Crippen molar-refractivity contribution in [3.8, 4) is 0 Å². The molecule has 0 aliphatic carbocycles. The van der Waals surface area contributed by atoms with Gasteiger partial charge in [-0.25, -0.2) is 9.97 Å². The van der Waals surface area contributed by atoms with Crippen LogP contribution in [0.25, 0.3) is 0 Å². The number of anilines is 3. The summed E-state index contributed by atoms with van der Waals surface area (Å²) in [5.41, 5.74) is 1.31. The van der Waals surface area contributed by atoms with Gasteiger partial charge in [0.1, 0.15) is 10.6 Å². The Morgan fingerprint density at radius 2 is 2.00 bits per heavy atom. The van der Waals surface area contributed by atoms with Crippen LogP contribution in [0.2, 0.25) is 0 Å². The van der Waals surface area contributed by atoms with Crippen LogP contribution in [0.15, 0.2) is 6.20 Å². The smallest absolute Gasteiger partial charge is 0.267 e. The monoisotopic (exact) mass is 362 g/mol. The summed E-state index contributed by atoms with van der Waals surface area (Å²) < 4.78 is 5.37. The number of carbonyl (C=O) groups is 1. The third kappa shape index (κ3) is 3.88. The summed E-state index contributed by atoms with van der Waals surface area (Å²) in [4.78, 5) is 30.5. The van der Waals surface area contributed by atoms with Crippen LogP contribution in [0.4, 0.5) is 17.5 Å². The van der Waals surface area contributed by atoms with E-state index in [-0.39, 0.29) is 5.91 Å². The van der Waals surface area contributed by atoms with E-state index in [1.54, 1.807) is 6.20 Å². The molecule has 0 spiro atoms. The Hall–Kier alpha value is -2.26. The van der Waals surface area contributed by atoms with E-state index in [0.29, 0.717) is 35.5 Å². The molecule has 1 N–H and O–H groups in total. The number of morpholine rings is 1. The maximum absolute atomic E-state index is 12.6. The number of nitrogens with one attached hydrogen (secondary N) is 1. The van der Waals surface area contributed by atoms with E-state index in [2.05, 4.69) is 25.2 Å². The molecule has 3 rings (SSSR count). The summed E-state index contributed by atoms with van der Waals surface area (Å²) in [6, 6.07) is 0. The molecule has 2 aromatic heterocycles. The van der Waals surface area contributed by atoms with Gasteiger partial charge in [0.05, 0.1) is 30.1 Å². The van der Waals surface area contributed by atoms with Crippen LogP contribution in [0.3, 0.4) is 0 Å². The van der Waals surface area contributed by atoms with E-state index in [0.717, 1.165) is 23.8 Å². The van der Waals surface area contributed by atoms with E-state index in [1.165, 1.54) is 11.3 Å². The fourth-order valence-corrected chi connectivity index (χ4v) is 3.44. The molecule has 1 saturated heterocycles. The molecule has 0 atom stereocenters. The number of nitrogens with zero attached hydrogens (tertiary/aromatic N) is 5. The summed E-state index contributed by atoms with van der Waals surface area (Å²) in [6.07, 6.45) is 1.66. The molecule has 0 aromatic carbocycles. The third-order valence-corrected chi connectivity index (χ3v) is 4.90. The lowest BCUT2D eigenvalue weighted by Crippen LogP contribution is -2.37. The zero-order valence-electron chi connectivity index (χ0n) is 14.9. The van der Waals surface area contributed by atoms with Crippen LogP contribution >= 0.6 is 11.3 Å². The number of thiazole rings is 1. The lowest BCUT2D eigenvalue weighted by molar-refractivity contribution is 0.102. The molecule has 25 heavy (non-hydrogen) atoms. The second-order valence-electron chi connectivity index (χ2n) is 6.00. The molecular formula is C16H22N6O2S. The Kier molecular flexibility index (Phi) is 5.14. The molecule has 0 saturated carbocycles. The summed E-state index contributed by atoms with van der Waals surface area (Å²) in [5.74, 6) is 1.13. The number of ether oxygens (including phenoxy) is 1. The molecule has 0 radical (unpaired) electrons. The van der Waals surface area contributed by atoms with Crippen molar-refractivity contribution in [3.63, 3.8) is 0 Å². The van der Waals surface area contributed by atoms with Crippen molar-refractivity contribution in [1.29, 1.82) is 0 Å². The third-order valence-electron chi connectivity index (χ3n) is 3.83. The van der Waals surface area contributed by atoms with Gasteiger partial charge in [-0.2, -0.15) is 4.98 Å². The first-order valence-electron chi connectivity index (χ1n) is 8.08. The van der Waals surface area contributed by atoms with Crippen molar-refractivity contribution in [1.82, 2.24) is 15.0 Å². The average Bonchev–Trinajstić information content (AvgIpc) is 2.94. The first-order valence-corrected chi connectivity index (χ1v) is 8.90. The Balaban J connectivity index is 1.85. The lowest BCUT2D eigenvalue weighted by atomic mass is 10.3. The predicted octanol–water partition coefficient (Wildman–Crippen LogP) is 1.70. The van der Waals surface area contributed by atoms with Gasteiger partial charge in [0.2, 0.25) is 5.95 Å². The Morgan fingerprint density at radius 3 is 2.60 bits per heavy atom. The van der Waals surface area contributed by atoms with Crippen molar-refractivity contribution in [2.75, 3.05) is 55.5 Å². The number of rotatable bonds is 4. The number of amides is 1. The van der Waals surface area contributed by atoms with Gasteiger partial charge in [-0.1, -0.05) is 0 Å². The SMILES string of the molecule is Cc1nc(C)c(C(=O)Nc2cnc(N3CCOCC3)nc2N(C)C)s1. The topological polar surface area (TPSA) is 83.5 Å². The number of carbonyl (C=O) groups excluding carboxylic acids is 1. The molecule has 3 heterocycles. The quantitative estimate of drug-likeness (QED) is 0.886. The van der Waals surface area contributed by atoms with Crippen LogP contribution < -0.4 is 15.1 Å². The maximum atomic E-state index is 12.6. The van der Waals surface area contributed by atoms with Crippen molar-refractivity contribution >= 4 is 34.7 Å². The largest absolute Gasteiger partial charge is 0.378 e. The number of hydrogen-bond donors (Lipinski definition) is 1. The van der Waals surface area contributed by atoms with Gasteiger partial charge < -0.3 is 19.9 Å². The van der Waals surface area contributed by atoms with E-state index in [4.69, 9.17) is 4.74 Å². The minimum atomic E-state index is -0.186. The molecule has 8 nitrogen and oxygen atoms in total. The predicted molar refractivity (Wildman–Crippen MR) is 98.9 cm³/mol. The Labute approximate surface area is 150 Å². The number of hydrogen-bond acceptors (Lipinski definition) is 8. The Morgan fingerprint density at radius 1 is 1.28 bits per heavy atom. The van der Waals surface area contributed by atoms with Gasteiger partial charge in [-0.3, -0.25) is 4.79 Å². The van der Waals surface area contributed by atoms with Gasteiger partial charge in [-0.15, -0.1) is 11.3 Å². The second-order valence-corrected chi connectivity index (χ2v) is 7.21. The highest BCUT2D eigenvalue weighted by molar-refractivity contribution is 7.13. The maximum Gasteiger partial charge on any atom is 0.267 e. The van der Waals surface area contributed by atoms with Crippen molar-refractivity contribution in [2.45, 2.75) is 13.8 Å². The fourth-order valence-electron chi connectivity index (χ4n) is 2.63. The van der Waals surface area contributed by atoms with E-state index in [1.807, 2.05) is 32.8 Å². The molecule has 1 aliphatic heterocycles. The molecule has 134 valence electrons. The molecule has 9 heteroatoms. The Bertz CT molecular complexity index is 770. The zero-order valence-corrected chi connectivity index (χ0v) is 15.7. The number of aromatic nitrogens is 3. The second kappa shape index (κ2) is 7.32. The van der Waals surface area contributed by atoms with Gasteiger partial charge >= 0.3 is 0 Å². The average molecular weight is 362 g/mol. The van der Waals surface area contributed by atoms with Gasteiger partial charge in [-0.05, 0) is 13.8 Å². The number of aryl methyl sites for hydroxylation is 2. The molecule has 1 aliphatic rings. The molecule has 0 unspecified atom stereocenters. The fraction of sp³-hybridized carbons (Fsp3) is 0.500. The van der Waals surface area contributed by atoms with Gasteiger partial charge in [0.25, 0.3) is 5.91 Å². The minimum Gasteiger partial charge on any atom is -0.378 e. The van der Waals surface area contributed by atoms with Gasteiger partial charge in [0.15, 0.2) is 5.82 Å². The summed E-state index contributed by atoms with van der Waals surface area (Å²) >= 11 is 1.38. The minimum absolute atomic E-state index is 0.186. The highest BCUT2D eigenvalue weighted by Crippen LogP contribution is 2.26. The zero-order chi connectivity index (χ0) is 18.0. The van der Waals surface area contributed by atoms with Crippen LogP contribution in [0.1, 0.15) is 20.4 Å². The molecule has 1 amide bonds. The summed E-state index contributed by atoms with van der Waals surface area (Å²) in [6.45, 7) is 6.59. The van der Waals surface area contributed by atoms with Crippen LogP contribution in [0, 0.1) is 13.8 Å². The molecular weight excluding hydrogens is 340 g/mol. The lowest BCUT2D eigenvalue weighted by Gasteiger charge is -2.28. The normalized spacial score (nSPS) is 14.5. The summed E-state index contributed by atoms with van der Waals surface area (Å²) in [7, 11) is 3.78. The first kappa shape index (κ1) is 17.6. The highest BCUT2D eigenvalue weighted by Gasteiger charge is 2.20. The van der Waals surface area contributed by atoms with E-state index in [9.17, 15) is 4.79 Å². The van der Waals surface area contributed by atoms with Crippen LogP contribution in [0.5, 0.6) is 0 Å². The van der Waals surface area contributed by atoms with Crippen molar-refractivity contribution in [2.24, 2.45) is 0 Å². The molecule has 0 bridgehead atoms. The van der Waals surface area contributed by atoms with Crippen LogP contribution in [-0.2, 0) is 4.74 Å². The summed E-state index contributed by atoms with van der Waals surface area (Å²) in [5, 5.41) is 3.78. The standard InChI is InChI=1S/C16H22N6O2S/c1-10-13(25-11(2)18-10)15(23)19-12-9-17-16(20-14(12)21(3)4)22-5-7-24-8-6-22/h9H,5-8H2,1-4H3,(H,19,23). The van der Waals surface area contributed by atoms with Gasteiger partial charge in [0, 0.05) is 27.2 Å². The van der Waals surface area contributed by atoms with Crippen molar-refractivity contribution < 1.29 is 9.53 Å².